The number of aliphatic hydroxyl groups excluding tert-OH is 1. The van der Waals surface area contributed by atoms with E-state index in [9.17, 15) is 5.11 Å². The third-order valence-corrected chi connectivity index (χ3v) is 11.7. The van der Waals surface area contributed by atoms with Crippen molar-refractivity contribution in [3.8, 4) is 11.5 Å². The Morgan fingerprint density at radius 3 is 0.704 bits per heavy atom. The average molecular weight is 757 g/mol. The molecule has 1 N–H and O–H groups in total. The van der Waals surface area contributed by atoms with Gasteiger partial charge in [-0.2, -0.15) is 0 Å². The van der Waals surface area contributed by atoms with Crippen molar-refractivity contribution in [2.75, 3.05) is 13.2 Å². The van der Waals surface area contributed by atoms with E-state index in [0.717, 1.165) is 43.1 Å². The number of ether oxygens (including phenoxy) is 2. The molecule has 0 aromatic heterocycles. The second-order valence-electron chi connectivity index (χ2n) is 17.1. The van der Waals surface area contributed by atoms with Gasteiger partial charge < -0.3 is 14.6 Å². The summed E-state index contributed by atoms with van der Waals surface area (Å²) >= 11 is 0. The van der Waals surface area contributed by atoms with Gasteiger partial charge in [0.05, 0.1) is 19.8 Å². The minimum atomic E-state index is 0.0200. The number of rotatable bonds is 45. The molecule has 0 radical (unpaired) electrons. The van der Waals surface area contributed by atoms with Gasteiger partial charge in [0.15, 0.2) is 0 Å². The number of unbranched alkanes of at least 4 members (excludes halogenated alkanes) is 38. The van der Waals surface area contributed by atoms with Gasteiger partial charge >= 0.3 is 0 Å². The number of benzene rings is 1. The van der Waals surface area contributed by atoms with Crippen molar-refractivity contribution in [1.29, 1.82) is 0 Å². The normalized spacial score (nSPS) is 11.5. The van der Waals surface area contributed by atoms with Crippen LogP contribution in [0.5, 0.6) is 11.5 Å². The molecule has 1 aromatic rings. The van der Waals surface area contributed by atoms with Gasteiger partial charge in [0.1, 0.15) is 11.5 Å². The summed E-state index contributed by atoms with van der Waals surface area (Å²) in [6, 6.07) is 5.93. The maximum atomic E-state index is 9.77. The van der Waals surface area contributed by atoms with Crippen LogP contribution in [-0.2, 0) is 6.61 Å². The minimum Gasteiger partial charge on any atom is -0.493 e. The molecule has 0 atom stereocenters. The predicted molar refractivity (Wildman–Crippen MR) is 239 cm³/mol. The van der Waals surface area contributed by atoms with Crippen molar-refractivity contribution in [1.82, 2.24) is 0 Å². The first-order valence-corrected chi connectivity index (χ1v) is 24.8. The second-order valence-corrected chi connectivity index (χ2v) is 17.1. The largest absolute Gasteiger partial charge is 0.493 e. The first kappa shape index (κ1) is 50.8. The average Bonchev–Trinajstić information content (AvgIpc) is 3.19. The molecule has 0 saturated heterocycles. The Hall–Kier alpha value is -1.22. The van der Waals surface area contributed by atoms with Crippen LogP contribution in [-0.4, -0.2) is 18.3 Å². The Morgan fingerprint density at radius 2 is 0.500 bits per heavy atom. The second kappa shape index (κ2) is 42.9. The summed E-state index contributed by atoms with van der Waals surface area (Å²) in [6.45, 7) is 6.11. The van der Waals surface area contributed by atoms with Crippen molar-refractivity contribution >= 4 is 0 Å². The zero-order valence-corrected chi connectivity index (χ0v) is 36.9. The Morgan fingerprint density at radius 1 is 0.296 bits per heavy atom. The van der Waals surface area contributed by atoms with Gasteiger partial charge in [-0.05, 0) is 30.5 Å². The molecule has 0 aliphatic carbocycles. The molecule has 0 saturated carbocycles. The highest BCUT2D eigenvalue weighted by Crippen LogP contribution is 2.24. The van der Waals surface area contributed by atoms with E-state index < -0.39 is 0 Å². The predicted octanol–water partition coefficient (Wildman–Crippen LogP) is 17.6. The summed E-state index contributed by atoms with van der Waals surface area (Å²) in [5.41, 5.74) is 0.870. The maximum absolute atomic E-state index is 9.77. The van der Waals surface area contributed by atoms with E-state index in [1.807, 2.05) is 18.2 Å². The molecule has 318 valence electrons. The Labute approximate surface area is 339 Å². The lowest BCUT2D eigenvalue weighted by molar-refractivity contribution is 0.271. The van der Waals surface area contributed by atoms with Crippen LogP contribution in [0, 0.1) is 0 Å². The van der Waals surface area contributed by atoms with Gasteiger partial charge in [-0.1, -0.05) is 258 Å². The molecule has 0 aliphatic heterocycles. The van der Waals surface area contributed by atoms with Crippen molar-refractivity contribution in [2.24, 2.45) is 0 Å². The standard InChI is InChI=1S/C51H96O3/c1-3-5-7-9-11-13-15-17-19-21-23-25-27-29-31-33-35-37-39-41-43-53-50-45-49(48-52)46-51(47-50)54-44-42-40-38-36-34-32-30-28-26-24-22-20-18-16-14-12-10-8-6-4-2/h45-47,52H,3-44,48H2,1-2H3. The summed E-state index contributed by atoms with van der Waals surface area (Å²) < 4.78 is 12.2. The molecule has 1 rings (SSSR count). The Bertz CT molecular complexity index is 789. The van der Waals surface area contributed by atoms with Gasteiger partial charge in [-0.15, -0.1) is 0 Å². The van der Waals surface area contributed by atoms with Crippen LogP contribution < -0.4 is 9.47 Å². The molecule has 0 aliphatic rings. The summed E-state index contributed by atoms with van der Waals surface area (Å²) in [6.07, 6.45) is 56.0. The first-order valence-electron chi connectivity index (χ1n) is 24.8. The highest BCUT2D eigenvalue weighted by Gasteiger charge is 2.04. The lowest BCUT2D eigenvalue weighted by Crippen LogP contribution is -2.01. The summed E-state index contributed by atoms with van der Waals surface area (Å²) in [5.74, 6) is 1.66. The minimum absolute atomic E-state index is 0.0200. The highest BCUT2D eigenvalue weighted by molar-refractivity contribution is 5.38. The molecular formula is C51H96O3. The van der Waals surface area contributed by atoms with Crippen molar-refractivity contribution in [3.63, 3.8) is 0 Å². The SMILES string of the molecule is CCCCCCCCCCCCCCCCCCCCCCOc1cc(CO)cc(OCCCCCCCCCCCCCCCCCCCCCC)c1. The van der Waals surface area contributed by atoms with E-state index in [4.69, 9.17) is 9.47 Å². The molecule has 0 fully saturated rings. The Balaban J connectivity index is 1.89. The van der Waals surface area contributed by atoms with Crippen LogP contribution in [0.4, 0.5) is 0 Å². The molecule has 54 heavy (non-hydrogen) atoms. The van der Waals surface area contributed by atoms with E-state index >= 15 is 0 Å². The van der Waals surface area contributed by atoms with E-state index in [-0.39, 0.29) is 6.61 Å². The molecule has 0 bridgehead atoms. The molecule has 0 heterocycles. The summed E-state index contributed by atoms with van der Waals surface area (Å²) in [5, 5.41) is 9.77. The summed E-state index contributed by atoms with van der Waals surface area (Å²) in [4.78, 5) is 0. The lowest BCUT2D eigenvalue weighted by Gasteiger charge is -2.12. The number of hydrogen-bond donors (Lipinski definition) is 1. The van der Waals surface area contributed by atoms with Gasteiger partial charge in [0.25, 0.3) is 0 Å². The third-order valence-electron chi connectivity index (χ3n) is 11.7. The lowest BCUT2D eigenvalue weighted by atomic mass is 10.0. The van der Waals surface area contributed by atoms with Gasteiger partial charge in [0, 0.05) is 6.07 Å². The molecule has 3 nitrogen and oxygen atoms in total. The van der Waals surface area contributed by atoms with Gasteiger partial charge in [-0.3, -0.25) is 0 Å². The highest BCUT2D eigenvalue weighted by atomic mass is 16.5. The monoisotopic (exact) mass is 757 g/mol. The van der Waals surface area contributed by atoms with Crippen LogP contribution in [0.25, 0.3) is 0 Å². The molecule has 0 spiro atoms. The smallest absolute Gasteiger partial charge is 0.123 e. The zero-order valence-electron chi connectivity index (χ0n) is 36.9. The van der Waals surface area contributed by atoms with Crippen LogP contribution in [0.1, 0.15) is 276 Å². The molecule has 3 heteroatoms. The first-order chi connectivity index (χ1) is 26.8. The van der Waals surface area contributed by atoms with E-state index in [2.05, 4.69) is 13.8 Å². The van der Waals surface area contributed by atoms with Crippen LogP contribution >= 0.6 is 0 Å². The molecule has 0 unspecified atom stereocenters. The fourth-order valence-electron chi connectivity index (χ4n) is 7.98. The molecule has 0 amide bonds. The third kappa shape index (κ3) is 36.4. The van der Waals surface area contributed by atoms with Crippen molar-refractivity contribution < 1.29 is 14.6 Å². The van der Waals surface area contributed by atoms with Crippen LogP contribution in [0.3, 0.4) is 0 Å². The van der Waals surface area contributed by atoms with E-state index in [0.29, 0.717) is 0 Å². The van der Waals surface area contributed by atoms with E-state index in [1.165, 1.54) is 244 Å². The number of hydrogen-bond acceptors (Lipinski definition) is 3. The number of aliphatic hydroxyl groups is 1. The van der Waals surface area contributed by atoms with Crippen LogP contribution in [0.2, 0.25) is 0 Å². The van der Waals surface area contributed by atoms with Crippen LogP contribution in [0.15, 0.2) is 18.2 Å². The maximum Gasteiger partial charge on any atom is 0.123 e. The summed E-state index contributed by atoms with van der Waals surface area (Å²) in [7, 11) is 0. The Kier molecular flexibility index (Phi) is 40.4. The van der Waals surface area contributed by atoms with Crippen molar-refractivity contribution in [3.05, 3.63) is 23.8 Å². The van der Waals surface area contributed by atoms with Gasteiger partial charge in [-0.25, -0.2) is 0 Å². The van der Waals surface area contributed by atoms with E-state index in [1.54, 1.807) is 0 Å². The molecule has 1 aromatic carbocycles. The fraction of sp³-hybridized carbons (Fsp3) is 0.882. The van der Waals surface area contributed by atoms with Crippen molar-refractivity contribution in [2.45, 2.75) is 277 Å². The fourth-order valence-corrected chi connectivity index (χ4v) is 7.98. The zero-order chi connectivity index (χ0) is 38.7. The quantitative estimate of drug-likeness (QED) is 0.0674. The molecular weight excluding hydrogens is 661 g/mol. The topological polar surface area (TPSA) is 38.7 Å². The van der Waals surface area contributed by atoms with Gasteiger partial charge in [0.2, 0.25) is 0 Å².